The Morgan fingerprint density at radius 2 is 1.83 bits per heavy atom. The van der Waals surface area contributed by atoms with Gasteiger partial charge < -0.3 is 19.7 Å². The van der Waals surface area contributed by atoms with Crippen LogP contribution in [0.2, 0.25) is 0 Å². The van der Waals surface area contributed by atoms with Crippen LogP contribution < -0.4 is 15.0 Å². The molecule has 0 saturated carbocycles. The molecule has 1 N–H and O–H groups in total. The molecule has 7 nitrogen and oxygen atoms in total. The summed E-state index contributed by atoms with van der Waals surface area (Å²) in [6.45, 7) is 5.59. The van der Waals surface area contributed by atoms with Gasteiger partial charge in [-0.1, -0.05) is 18.2 Å². The predicted molar refractivity (Wildman–Crippen MR) is 113 cm³/mol. The minimum atomic E-state index is -0.602. The van der Waals surface area contributed by atoms with E-state index in [-0.39, 0.29) is 31.6 Å². The topological polar surface area (TPSA) is 84.9 Å². The molecule has 0 aromatic heterocycles. The smallest absolute Gasteiger partial charge is 0.311 e. The SMILES string of the molecule is Cc1ccccc1NC(=O)COC(=O)[C@@H]1CC(=O)N(c2ccc(OC(C)C)cc2)C1. The number of nitrogens with one attached hydrogen (secondary N) is 1. The highest BCUT2D eigenvalue weighted by Crippen LogP contribution is 2.27. The van der Waals surface area contributed by atoms with Gasteiger partial charge in [-0.05, 0) is 56.7 Å². The molecule has 2 aromatic carbocycles. The number of para-hydroxylation sites is 1. The van der Waals surface area contributed by atoms with Gasteiger partial charge in [0.15, 0.2) is 6.61 Å². The lowest BCUT2D eigenvalue weighted by Crippen LogP contribution is -2.28. The van der Waals surface area contributed by atoms with Crippen LogP contribution in [0.15, 0.2) is 48.5 Å². The summed E-state index contributed by atoms with van der Waals surface area (Å²) in [5.41, 5.74) is 2.29. The first-order valence-electron chi connectivity index (χ1n) is 9.92. The molecule has 30 heavy (non-hydrogen) atoms. The van der Waals surface area contributed by atoms with E-state index in [0.29, 0.717) is 11.4 Å². The van der Waals surface area contributed by atoms with Crippen molar-refractivity contribution in [3.63, 3.8) is 0 Å². The number of hydrogen-bond donors (Lipinski definition) is 1. The van der Waals surface area contributed by atoms with Gasteiger partial charge in [-0.25, -0.2) is 0 Å². The molecule has 1 fully saturated rings. The molecule has 1 aliphatic heterocycles. The van der Waals surface area contributed by atoms with E-state index in [1.165, 1.54) is 0 Å². The highest BCUT2D eigenvalue weighted by atomic mass is 16.5. The first-order valence-corrected chi connectivity index (χ1v) is 9.92. The van der Waals surface area contributed by atoms with Gasteiger partial charge in [-0.2, -0.15) is 0 Å². The third kappa shape index (κ3) is 5.37. The summed E-state index contributed by atoms with van der Waals surface area (Å²) in [7, 11) is 0. The largest absolute Gasteiger partial charge is 0.491 e. The van der Waals surface area contributed by atoms with Crippen LogP contribution in [0.1, 0.15) is 25.8 Å². The van der Waals surface area contributed by atoms with Crippen LogP contribution >= 0.6 is 0 Å². The van der Waals surface area contributed by atoms with Crippen LogP contribution in [0.3, 0.4) is 0 Å². The van der Waals surface area contributed by atoms with E-state index in [4.69, 9.17) is 9.47 Å². The molecule has 0 bridgehead atoms. The van der Waals surface area contributed by atoms with Crippen LogP contribution in [0.25, 0.3) is 0 Å². The average molecular weight is 410 g/mol. The fraction of sp³-hybridized carbons (Fsp3) is 0.348. The summed E-state index contributed by atoms with van der Waals surface area (Å²) in [5, 5.41) is 2.71. The predicted octanol–water partition coefficient (Wildman–Crippen LogP) is 3.32. The normalized spacial score (nSPS) is 15.9. The third-order valence-electron chi connectivity index (χ3n) is 4.74. The molecule has 7 heteroatoms. The molecule has 3 rings (SSSR count). The first-order chi connectivity index (χ1) is 14.3. The fourth-order valence-corrected chi connectivity index (χ4v) is 3.25. The average Bonchev–Trinajstić information content (AvgIpc) is 3.10. The van der Waals surface area contributed by atoms with E-state index in [0.717, 1.165) is 11.3 Å². The van der Waals surface area contributed by atoms with Crippen molar-refractivity contribution in [2.45, 2.75) is 33.3 Å². The molecule has 1 saturated heterocycles. The monoisotopic (exact) mass is 410 g/mol. The Morgan fingerprint density at radius 3 is 2.50 bits per heavy atom. The van der Waals surface area contributed by atoms with Gasteiger partial charge in [0.1, 0.15) is 5.75 Å². The number of carbonyl (C=O) groups excluding carboxylic acids is 3. The summed E-state index contributed by atoms with van der Waals surface area (Å²) >= 11 is 0. The minimum Gasteiger partial charge on any atom is -0.491 e. The second-order valence-corrected chi connectivity index (χ2v) is 7.54. The zero-order chi connectivity index (χ0) is 21.7. The Labute approximate surface area is 176 Å². The second kappa shape index (κ2) is 9.43. The van der Waals surface area contributed by atoms with E-state index in [1.807, 2.05) is 39.0 Å². The van der Waals surface area contributed by atoms with Crippen LogP contribution in [-0.4, -0.2) is 37.0 Å². The van der Waals surface area contributed by atoms with Crippen molar-refractivity contribution in [1.29, 1.82) is 0 Å². The van der Waals surface area contributed by atoms with Crippen LogP contribution in [0, 0.1) is 12.8 Å². The number of benzene rings is 2. The lowest BCUT2D eigenvalue weighted by molar-refractivity contribution is -0.151. The third-order valence-corrected chi connectivity index (χ3v) is 4.74. The van der Waals surface area contributed by atoms with Crippen molar-refractivity contribution in [1.82, 2.24) is 0 Å². The number of anilines is 2. The lowest BCUT2D eigenvalue weighted by atomic mass is 10.1. The molecule has 1 heterocycles. The molecule has 2 amide bonds. The van der Waals surface area contributed by atoms with E-state index in [1.54, 1.807) is 35.2 Å². The fourth-order valence-electron chi connectivity index (χ4n) is 3.25. The second-order valence-electron chi connectivity index (χ2n) is 7.54. The van der Waals surface area contributed by atoms with Crippen LogP contribution in [0.5, 0.6) is 5.75 Å². The molecule has 158 valence electrons. The first kappa shape index (κ1) is 21.4. The van der Waals surface area contributed by atoms with Gasteiger partial charge in [0.05, 0.1) is 12.0 Å². The van der Waals surface area contributed by atoms with E-state index in [2.05, 4.69) is 5.32 Å². The highest BCUT2D eigenvalue weighted by Gasteiger charge is 2.36. The maximum Gasteiger partial charge on any atom is 0.311 e. The number of hydrogen-bond acceptors (Lipinski definition) is 5. The quantitative estimate of drug-likeness (QED) is 0.708. The number of ether oxygens (including phenoxy) is 2. The van der Waals surface area contributed by atoms with Crippen molar-refractivity contribution in [3.8, 4) is 5.75 Å². The molecule has 2 aromatic rings. The number of carbonyl (C=O) groups is 3. The summed E-state index contributed by atoms with van der Waals surface area (Å²) in [6, 6.07) is 14.5. The summed E-state index contributed by atoms with van der Waals surface area (Å²) in [5.74, 6) is -1.00. The molecule has 0 unspecified atom stereocenters. The van der Waals surface area contributed by atoms with E-state index >= 15 is 0 Å². The Bertz CT molecular complexity index is 923. The maximum atomic E-state index is 12.4. The standard InChI is InChI=1S/C23H26N2O5/c1-15(2)30-19-10-8-18(9-11-19)25-13-17(12-22(25)27)23(28)29-14-21(26)24-20-7-5-4-6-16(20)3/h4-11,15,17H,12-14H2,1-3H3,(H,24,26)/t17-/m1/s1. The maximum absolute atomic E-state index is 12.4. The van der Waals surface area contributed by atoms with Crippen molar-refractivity contribution < 1.29 is 23.9 Å². The molecule has 1 aliphatic rings. The summed E-state index contributed by atoms with van der Waals surface area (Å²) < 4.78 is 10.8. The van der Waals surface area contributed by atoms with Crippen LogP contribution in [0.4, 0.5) is 11.4 Å². The van der Waals surface area contributed by atoms with Crippen molar-refractivity contribution >= 4 is 29.2 Å². The lowest BCUT2D eigenvalue weighted by Gasteiger charge is -2.17. The molecular formula is C23H26N2O5. The Balaban J connectivity index is 1.52. The summed E-state index contributed by atoms with van der Waals surface area (Å²) in [6.07, 6.45) is 0.120. The molecule has 1 atom stereocenters. The van der Waals surface area contributed by atoms with Gasteiger partial charge in [-0.15, -0.1) is 0 Å². The van der Waals surface area contributed by atoms with Crippen molar-refractivity contribution in [2.75, 3.05) is 23.4 Å². The highest BCUT2D eigenvalue weighted by molar-refractivity contribution is 6.00. The van der Waals surface area contributed by atoms with Crippen molar-refractivity contribution in [2.24, 2.45) is 5.92 Å². The number of nitrogens with zero attached hydrogens (tertiary/aromatic N) is 1. The number of aryl methyl sites for hydroxylation is 1. The Kier molecular flexibility index (Phi) is 6.72. The number of amides is 2. The Morgan fingerprint density at radius 1 is 1.13 bits per heavy atom. The van der Waals surface area contributed by atoms with Gasteiger partial charge in [0.2, 0.25) is 5.91 Å². The van der Waals surface area contributed by atoms with Gasteiger partial charge >= 0.3 is 5.97 Å². The number of esters is 1. The molecule has 0 spiro atoms. The van der Waals surface area contributed by atoms with Crippen molar-refractivity contribution in [3.05, 3.63) is 54.1 Å². The zero-order valence-corrected chi connectivity index (χ0v) is 17.4. The molecule has 0 radical (unpaired) electrons. The number of rotatable bonds is 7. The molecule has 0 aliphatic carbocycles. The van der Waals surface area contributed by atoms with E-state index < -0.39 is 17.8 Å². The van der Waals surface area contributed by atoms with Crippen LogP contribution in [-0.2, 0) is 19.1 Å². The van der Waals surface area contributed by atoms with Gasteiger partial charge in [-0.3, -0.25) is 14.4 Å². The van der Waals surface area contributed by atoms with Gasteiger partial charge in [0, 0.05) is 24.3 Å². The molecular weight excluding hydrogens is 384 g/mol. The minimum absolute atomic E-state index is 0.0580. The van der Waals surface area contributed by atoms with E-state index in [9.17, 15) is 14.4 Å². The Hall–Kier alpha value is -3.35. The zero-order valence-electron chi connectivity index (χ0n) is 17.4. The van der Waals surface area contributed by atoms with Gasteiger partial charge in [0.25, 0.3) is 5.91 Å². The summed E-state index contributed by atoms with van der Waals surface area (Å²) in [4.78, 5) is 38.4.